The van der Waals surface area contributed by atoms with Crippen molar-refractivity contribution in [3.8, 4) is 0 Å². The highest BCUT2D eigenvalue weighted by molar-refractivity contribution is 9.09. The maximum Gasteiger partial charge on any atom is 0.326 e. The van der Waals surface area contributed by atoms with E-state index in [2.05, 4.69) is 15.9 Å². The van der Waals surface area contributed by atoms with Crippen molar-refractivity contribution < 1.29 is 14.7 Å². The van der Waals surface area contributed by atoms with Crippen LogP contribution in [0.5, 0.6) is 0 Å². The van der Waals surface area contributed by atoms with Gasteiger partial charge in [0.2, 0.25) is 5.91 Å². The number of aliphatic carboxylic acids is 1. The average Bonchev–Trinajstić information content (AvgIpc) is 2.40. The van der Waals surface area contributed by atoms with Crippen LogP contribution in [0.4, 0.5) is 0 Å². The first kappa shape index (κ1) is 11.5. The highest BCUT2D eigenvalue weighted by atomic mass is 79.9. The van der Waals surface area contributed by atoms with Gasteiger partial charge < -0.3 is 10.0 Å². The molecule has 0 aromatic rings. The highest BCUT2D eigenvalue weighted by Crippen LogP contribution is 2.22. The van der Waals surface area contributed by atoms with Crippen molar-refractivity contribution in [2.24, 2.45) is 0 Å². The summed E-state index contributed by atoms with van der Waals surface area (Å²) in [7, 11) is 0. The Kier molecular flexibility index (Phi) is 3.92. The van der Waals surface area contributed by atoms with Crippen LogP contribution in [-0.4, -0.2) is 39.3 Å². The molecular weight excluding hydrogens is 250 g/mol. The van der Waals surface area contributed by atoms with Gasteiger partial charge in [-0.05, 0) is 6.42 Å². The Bertz CT molecular complexity index is 244. The van der Waals surface area contributed by atoms with Crippen LogP contribution in [0, 0.1) is 0 Å². The lowest BCUT2D eigenvalue weighted by Crippen LogP contribution is -2.42. The SMILES string of the molecule is CCCC(C(=O)O)N1CC(Br)CC1=O. The van der Waals surface area contributed by atoms with Crippen molar-refractivity contribution in [1.29, 1.82) is 0 Å². The van der Waals surface area contributed by atoms with Gasteiger partial charge in [-0.1, -0.05) is 29.3 Å². The minimum atomic E-state index is -0.901. The van der Waals surface area contributed by atoms with Gasteiger partial charge in [-0.3, -0.25) is 4.79 Å². The maximum absolute atomic E-state index is 11.4. The number of rotatable bonds is 4. The molecule has 80 valence electrons. The molecule has 0 saturated carbocycles. The predicted octanol–water partition coefficient (Wildman–Crippen LogP) is 1.24. The van der Waals surface area contributed by atoms with Crippen molar-refractivity contribution in [3.05, 3.63) is 0 Å². The summed E-state index contributed by atoms with van der Waals surface area (Å²) >= 11 is 3.33. The Morgan fingerprint density at radius 1 is 1.79 bits per heavy atom. The molecule has 4 nitrogen and oxygen atoms in total. The number of hydrogen-bond acceptors (Lipinski definition) is 2. The lowest BCUT2D eigenvalue weighted by Gasteiger charge is -2.23. The summed E-state index contributed by atoms with van der Waals surface area (Å²) in [5, 5.41) is 8.96. The summed E-state index contributed by atoms with van der Waals surface area (Å²) < 4.78 is 0. The summed E-state index contributed by atoms with van der Waals surface area (Å²) in [5.74, 6) is -0.963. The first-order valence-electron chi connectivity index (χ1n) is 4.72. The Labute approximate surface area is 91.4 Å². The molecule has 0 aromatic carbocycles. The van der Waals surface area contributed by atoms with Gasteiger partial charge in [0.25, 0.3) is 0 Å². The van der Waals surface area contributed by atoms with E-state index in [1.807, 2.05) is 6.92 Å². The first-order valence-corrected chi connectivity index (χ1v) is 5.64. The van der Waals surface area contributed by atoms with Gasteiger partial charge in [0, 0.05) is 17.8 Å². The number of alkyl halides is 1. The second kappa shape index (κ2) is 4.77. The molecule has 1 amide bonds. The number of hydrogen-bond donors (Lipinski definition) is 1. The van der Waals surface area contributed by atoms with Crippen LogP contribution in [0.25, 0.3) is 0 Å². The molecule has 1 fully saturated rings. The number of nitrogens with zero attached hydrogens (tertiary/aromatic N) is 1. The molecule has 14 heavy (non-hydrogen) atoms. The maximum atomic E-state index is 11.4. The van der Waals surface area contributed by atoms with Gasteiger partial charge in [-0.15, -0.1) is 0 Å². The van der Waals surface area contributed by atoms with Gasteiger partial charge in [0.05, 0.1) is 0 Å². The standard InChI is InChI=1S/C9H14BrNO3/c1-2-3-7(9(13)14)11-5-6(10)4-8(11)12/h6-7H,2-5H2,1H3,(H,13,14). The van der Waals surface area contributed by atoms with E-state index in [4.69, 9.17) is 5.11 Å². The molecule has 1 N–H and O–H groups in total. The van der Waals surface area contributed by atoms with Gasteiger partial charge in [0.1, 0.15) is 6.04 Å². The molecule has 1 aliphatic heterocycles. The van der Waals surface area contributed by atoms with Crippen molar-refractivity contribution in [3.63, 3.8) is 0 Å². The zero-order valence-electron chi connectivity index (χ0n) is 8.07. The summed E-state index contributed by atoms with van der Waals surface area (Å²) in [6, 6.07) is -0.643. The van der Waals surface area contributed by atoms with E-state index in [1.165, 1.54) is 4.90 Å². The number of amides is 1. The van der Waals surface area contributed by atoms with Gasteiger partial charge in [-0.2, -0.15) is 0 Å². The van der Waals surface area contributed by atoms with E-state index in [9.17, 15) is 9.59 Å². The van der Waals surface area contributed by atoms with Crippen molar-refractivity contribution >= 4 is 27.8 Å². The van der Waals surface area contributed by atoms with E-state index in [0.29, 0.717) is 19.4 Å². The van der Waals surface area contributed by atoms with E-state index >= 15 is 0 Å². The van der Waals surface area contributed by atoms with E-state index in [-0.39, 0.29) is 10.7 Å². The molecule has 1 saturated heterocycles. The normalized spacial score (nSPS) is 24.0. The predicted molar refractivity (Wildman–Crippen MR) is 55.4 cm³/mol. The summed E-state index contributed by atoms with van der Waals surface area (Å²) in [5.41, 5.74) is 0. The summed E-state index contributed by atoms with van der Waals surface area (Å²) in [6.07, 6.45) is 1.71. The van der Waals surface area contributed by atoms with Crippen LogP contribution < -0.4 is 0 Å². The number of carboxylic acids is 1. The Morgan fingerprint density at radius 2 is 2.43 bits per heavy atom. The molecule has 0 aliphatic carbocycles. The monoisotopic (exact) mass is 263 g/mol. The van der Waals surface area contributed by atoms with E-state index in [0.717, 1.165) is 6.42 Å². The number of carbonyl (C=O) groups excluding carboxylic acids is 1. The lowest BCUT2D eigenvalue weighted by molar-refractivity contribution is -0.148. The van der Waals surface area contributed by atoms with E-state index < -0.39 is 12.0 Å². The van der Waals surface area contributed by atoms with Crippen LogP contribution in [0.2, 0.25) is 0 Å². The second-order valence-corrected chi connectivity index (χ2v) is 4.79. The number of carboxylic acid groups (broad SMARTS) is 1. The third-order valence-electron chi connectivity index (χ3n) is 2.33. The van der Waals surface area contributed by atoms with Gasteiger partial charge in [-0.25, -0.2) is 4.79 Å². The fourth-order valence-corrected chi connectivity index (χ4v) is 2.26. The Balaban J connectivity index is 2.68. The highest BCUT2D eigenvalue weighted by Gasteiger charge is 2.35. The summed E-state index contributed by atoms with van der Waals surface area (Å²) in [6.45, 7) is 2.43. The molecule has 2 unspecified atom stereocenters. The minimum absolute atomic E-state index is 0.0623. The van der Waals surface area contributed by atoms with Gasteiger partial charge >= 0.3 is 5.97 Å². The molecule has 1 aliphatic rings. The largest absolute Gasteiger partial charge is 0.480 e. The molecule has 0 spiro atoms. The lowest BCUT2D eigenvalue weighted by atomic mass is 10.1. The number of carbonyl (C=O) groups is 2. The average molecular weight is 264 g/mol. The second-order valence-electron chi connectivity index (χ2n) is 3.49. The minimum Gasteiger partial charge on any atom is -0.480 e. The van der Waals surface area contributed by atoms with Crippen molar-refractivity contribution in [2.75, 3.05) is 6.54 Å². The third kappa shape index (κ3) is 2.47. The van der Waals surface area contributed by atoms with Crippen LogP contribution >= 0.6 is 15.9 Å². The topological polar surface area (TPSA) is 57.6 Å². The Morgan fingerprint density at radius 3 is 2.79 bits per heavy atom. The smallest absolute Gasteiger partial charge is 0.326 e. The van der Waals surface area contributed by atoms with Crippen LogP contribution in [-0.2, 0) is 9.59 Å². The molecule has 1 rings (SSSR count). The third-order valence-corrected chi connectivity index (χ3v) is 2.95. The van der Waals surface area contributed by atoms with E-state index in [1.54, 1.807) is 0 Å². The molecule has 2 atom stereocenters. The van der Waals surface area contributed by atoms with Crippen LogP contribution in [0.3, 0.4) is 0 Å². The molecule has 0 radical (unpaired) electrons. The van der Waals surface area contributed by atoms with Crippen LogP contribution in [0.15, 0.2) is 0 Å². The first-order chi connectivity index (χ1) is 6.56. The molecule has 1 heterocycles. The zero-order chi connectivity index (χ0) is 10.7. The quantitative estimate of drug-likeness (QED) is 0.777. The fourth-order valence-electron chi connectivity index (χ4n) is 1.67. The molecule has 0 bridgehead atoms. The molecule has 5 heteroatoms. The zero-order valence-corrected chi connectivity index (χ0v) is 9.66. The van der Waals surface area contributed by atoms with Crippen molar-refractivity contribution in [2.45, 2.75) is 37.1 Å². The fraction of sp³-hybridized carbons (Fsp3) is 0.778. The summed E-state index contributed by atoms with van der Waals surface area (Å²) in [4.78, 5) is 23.9. The number of halogens is 1. The van der Waals surface area contributed by atoms with Crippen molar-refractivity contribution in [1.82, 2.24) is 4.90 Å². The Hall–Kier alpha value is -0.580. The number of likely N-dealkylation sites (tertiary alicyclic amines) is 1. The van der Waals surface area contributed by atoms with Gasteiger partial charge in [0.15, 0.2) is 0 Å². The van der Waals surface area contributed by atoms with Crippen LogP contribution in [0.1, 0.15) is 26.2 Å². The molecule has 0 aromatic heterocycles. The molecular formula is C9H14BrNO3.